The van der Waals surface area contributed by atoms with E-state index in [2.05, 4.69) is 20.5 Å². The van der Waals surface area contributed by atoms with Gasteiger partial charge >= 0.3 is 5.97 Å². The molecular weight excluding hydrogens is 260 g/mol. The molecule has 1 aromatic rings. The zero-order valence-electron chi connectivity index (χ0n) is 12.0. The van der Waals surface area contributed by atoms with Crippen LogP contribution >= 0.6 is 0 Å². The van der Waals surface area contributed by atoms with Gasteiger partial charge in [0.2, 0.25) is 5.95 Å². The lowest BCUT2D eigenvalue weighted by molar-refractivity contribution is -0.133. The van der Waals surface area contributed by atoms with E-state index in [1.807, 2.05) is 13.8 Å². The summed E-state index contributed by atoms with van der Waals surface area (Å²) in [5, 5.41) is 19.1. The number of hydrogen-bond donors (Lipinski definition) is 2. The lowest BCUT2D eigenvalue weighted by Gasteiger charge is -2.08. The first-order chi connectivity index (χ1) is 9.40. The molecule has 0 saturated heterocycles. The smallest absolute Gasteiger partial charge is 0.331 e. The van der Waals surface area contributed by atoms with Gasteiger partial charge in [0.25, 0.3) is 5.91 Å². The van der Waals surface area contributed by atoms with Crippen LogP contribution in [0.2, 0.25) is 0 Å². The van der Waals surface area contributed by atoms with Gasteiger partial charge in [0, 0.05) is 11.1 Å². The van der Waals surface area contributed by atoms with Gasteiger partial charge in [-0.2, -0.15) is 0 Å². The van der Waals surface area contributed by atoms with E-state index in [4.69, 9.17) is 5.11 Å². The molecule has 20 heavy (non-hydrogen) atoms. The van der Waals surface area contributed by atoms with E-state index in [0.29, 0.717) is 12.8 Å². The van der Waals surface area contributed by atoms with Crippen LogP contribution in [-0.2, 0) is 22.4 Å². The molecule has 0 saturated carbocycles. The second-order valence-electron chi connectivity index (χ2n) is 4.25. The highest BCUT2D eigenvalue weighted by molar-refractivity contribution is 6.07. The van der Waals surface area contributed by atoms with Crippen LogP contribution in [0.25, 0.3) is 0 Å². The van der Waals surface area contributed by atoms with E-state index >= 15 is 0 Å². The van der Waals surface area contributed by atoms with Crippen molar-refractivity contribution in [3.8, 4) is 0 Å². The van der Waals surface area contributed by atoms with Crippen molar-refractivity contribution >= 4 is 17.8 Å². The summed E-state index contributed by atoms with van der Waals surface area (Å²) < 4.78 is 0. The number of carbonyl (C=O) groups is 2. The highest BCUT2D eigenvalue weighted by Crippen LogP contribution is 2.09. The van der Waals surface area contributed by atoms with Gasteiger partial charge in [-0.25, -0.2) is 9.78 Å². The maximum atomic E-state index is 11.9. The number of aryl methyl sites for hydroxylation is 2. The molecule has 0 atom stereocenters. The zero-order chi connectivity index (χ0) is 15.3. The highest BCUT2D eigenvalue weighted by Gasteiger charge is 2.15. The fraction of sp³-hybridized carbons (Fsp3) is 0.462. The fourth-order valence-corrected chi connectivity index (χ4v) is 1.52. The molecule has 0 bridgehead atoms. The summed E-state index contributed by atoms with van der Waals surface area (Å²) in [4.78, 5) is 26.9. The lowest BCUT2D eigenvalue weighted by atomic mass is 10.1. The predicted molar refractivity (Wildman–Crippen MR) is 73.2 cm³/mol. The maximum Gasteiger partial charge on any atom is 0.331 e. The molecule has 0 aliphatic rings. The number of aromatic nitrogens is 3. The number of nitrogens with one attached hydrogen (secondary N) is 1. The summed E-state index contributed by atoms with van der Waals surface area (Å²) in [5.74, 6) is -1.59. The van der Waals surface area contributed by atoms with Crippen LogP contribution in [-0.4, -0.2) is 32.2 Å². The number of carboxylic acids is 1. The van der Waals surface area contributed by atoms with Crippen molar-refractivity contribution in [3.63, 3.8) is 0 Å². The van der Waals surface area contributed by atoms with Crippen molar-refractivity contribution in [1.82, 2.24) is 15.2 Å². The van der Waals surface area contributed by atoms with Crippen molar-refractivity contribution in [3.05, 3.63) is 22.5 Å². The Kier molecular flexibility index (Phi) is 5.31. The summed E-state index contributed by atoms with van der Waals surface area (Å²) in [7, 11) is 0. The first kappa shape index (κ1) is 15.7. The van der Waals surface area contributed by atoms with E-state index in [0.717, 1.165) is 11.4 Å². The number of anilines is 1. The molecular formula is C13H18N4O3. The van der Waals surface area contributed by atoms with Gasteiger partial charge in [0.15, 0.2) is 0 Å². The Bertz CT molecular complexity index is 567. The van der Waals surface area contributed by atoms with E-state index in [1.54, 1.807) is 0 Å². The quantitative estimate of drug-likeness (QED) is 0.788. The topological polar surface area (TPSA) is 105 Å². The Hall–Kier alpha value is -2.31. The molecule has 7 nitrogen and oxygen atoms in total. The molecule has 0 aromatic carbocycles. The Morgan fingerprint density at radius 3 is 2.15 bits per heavy atom. The second kappa shape index (κ2) is 6.74. The predicted octanol–water partition coefficient (Wildman–Crippen LogP) is 1.36. The molecule has 1 aromatic heterocycles. The third-order valence-corrected chi connectivity index (χ3v) is 2.96. The molecule has 0 aliphatic heterocycles. The summed E-state index contributed by atoms with van der Waals surface area (Å²) in [6, 6.07) is 0. The molecule has 1 rings (SSSR count). The average molecular weight is 278 g/mol. The molecule has 0 spiro atoms. The molecule has 0 fully saturated rings. The van der Waals surface area contributed by atoms with Gasteiger partial charge in [-0.1, -0.05) is 13.8 Å². The highest BCUT2D eigenvalue weighted by atomic mass is 16.4. The van der Waals surface area contributed by atoms with E-state index < -0.39 is 11.9 Å². The standard InChI is InChI=1S/C13H18N4O3/c1-5-9-10(6-2)16-17-13(14-9)15-11(18)7(3)8(4)12(19)20/h5-6H2,1-4H3,(H,19,20)(H,14,15,17,18). The lowest BCUT2D eigenvalue weighted by Crippen LogP contribution is -2.19. The molecule has 2 N–H and O–H groups in total. The van der Waals surface area contributed by atoms with Crippen molar-refractivity contribution in [2.24, 2.45) is 0 Å². The maximum absolute atomic E-state index is 11.9. The third kappa shape index (κ3) is 3.59. The number of rotatable bonds is 5. The van der Waals surface area contributed by atoms with Gasteiger partial charge < -0.3 is 5.11 Å². The summed E-state index contributed by atoms with van der Waals surface area (Å²) >= 11 is 0. The van der Waals surface area contributed by atoms with Gasteiger partial charge in [-0.05, 0) is 26.7 Å². The van der Waals surface area contributed by atoms with E-state index in [-0.39, 0.29) is 17.1 Å². The number of hydrogen-bond acceptors (Lipinski definition) is 5. The number of carbonyl (C=O) groups excluding carboxylic acids is 1. The van der Waals surface area contributed by atoms with Gasteiger partial charge in [0.05, 0.1) is 11.4 Å². The zero-order valence-corrected chi connectivity index (χ0v) is 12.0. The molecule has 108 valence electrons. The Balaban J connectivity index is 2.97. The number of nitrogens with zero attached hydrogens (tertiary/aromatic N) is 3. The Labute approximate surface area is 117 Å². The minimum Gasteiger partial charge on any atom is -0.478 e. The normalized spacial score (nSPS) is 11.8. The Morgan fingerprint density at radius 1 is 1.05 bits per heavy atom. The number of aliphatic carboxylic acids is 1. The summed E-state index contributed by atoms with van der Waals surface area (Å²) in [6.45, 7) is 6.70. The van der Waals surface area contributed by atoms with Crippen LogP contribution in [0, 0.1) is 0 Å². The molecule has 7 heteroatoms. The van der Waals surface area contributed by atoms with Crippen LogP contribution < -0.4 is 5.32 Å². The number of amides is 1. The molecule has 0 aliphatic carbocycles. The molecule has 0 radical (unpaired) electrons. The van der Waals surface area contributed by atoms with Crippen molar-refractivity contribution in [2.45, 2.75) is 40.5 Å². The van der Waals surface area contributed by atoms with Gasteiger partial charge in [-0.15, -0.1) is 10.2 Å². The van der Waals surface area contributed by atoms with Crippen LogP contribution in [0.15, 0.2) is 11.1 Å². The molecule has 1 amide bonds. The van der Waals surface area contributed by atoms with E-state index in [1.165, 1.54) is 13.8 Å². The van der Waals surface area contributed by atoms with Crippen LogP contribution in [0.4, 0.5) is 5.95 Å². The first-order valence-electron chi connectivity index (χ1n) is 6.35. The molecule has 0 unspecified atom stereocenters. The largest absolute Gasteiger partial charge is 0.478 e. The van der Waals surface area contributed by atoms with Gasteiger partial charge in [0.1, 0.15) is 0 Å². The van der Waals surface area contributed by atoms with Crippen LogP contribution in [0.5, 0.6) is 0 Å². The van der Waals surface area contributed by atoms with Gasteiger partial charge in [-0.3, -0.25) is 10.1 Å². The molecule has 1 heterocycles. The summed E-state index contributed by atoms with van der Waals surface area (Å²) in [5.41, 5.74) is 1.66. The van der Waals surface area contributed by atoms with Crippen molar-refractivity contribution in [2.75, 3.05) is 5.32 Å². The summed E-state index contributed by atoms with van der Waals surface area (Å²) in [6.07, 6.45) is 1.40. The van der Waals surface area contributed by atoms with E-state index in [9.17, 15) is 9.59 Å². The van der Waals surface area contributed by atoms with Crippen LogP contribution in [0.3, 0.4) is 0 Å². The average Bonchev–Trinajstić information content (AvgIpc) is 2.45. The monoisotopic (exact) mass is 278 g/mol. The first-order valence-corrected chi connectivity index (χ1v) is 6.35. The third-order valence-electron chi connectivity index (χ3n) is 2.96. The van der Waals surface area contributed by atoms with Crippen molar-refractivity contribution in [1.29, 1.82) is 0 Å². The minimum absolute atomic E-state index is 0.0173. The minimum atomic E-state index is -1.13. The fourth-order valence-electron chi connectivity index (χ4n) is 1.52. The SMILES string of the molecule is CCc1nnc(NC(=O)C(C)=C(C)C(=O)O)nc1CC. The van der Waals surface area contributed by atoms with Crippen LogP contribution in [0.1, 0.15) is 39.1 Å². The second-order valence-corrected chi connectivity index (χ2v) is 4.25. The van der Waals surface area contributed by atoms with Crippen molar-refractivity contribution < 1.29 is 14.7 Å². The Morgan fingerprint density at radius 2 is 1.65 bits per heavy atom. The number of carboxylic acid groups (broad SMARTS) is 1.